The predicted octanol–water partition coefficient (Wildman–Crippen LogP) is 3.15. The third-order valence-corrected chi connectivity index (χ3v) is 6.90. The quantitative estimate of drug-likeness (QED) is 0.638. The standard InChI is InChI=1S/C22H33N3O3/c1-24-15-13-23-16-22(24)12-5-14-25(17-22)21(26)28-27-20-10-8-19(9-11-20)18-6-3-2-4-7-18/h2-4,6-7,19-20,23H,5,8-17H2,1H3. The lowest BCUT2D eigenvalue weighted by Gasteiger charge is -2.50. The van der Waals surface area contributed by atoms with E-state index in [9.17, 15) is 4.79 Å². The number of rotatable bonds is 3. The molecule has 3 fully saturated rings. The van der Waals surface area contributed by atoms with Crippen LogP contribution in [0.3, 0.4) is 0 Å². The van der Waals surface area contributed by atoms with E-state index in [0.29, 0.717) is 12.5 Å². The van der Waals surface area contributed by atoms with Crippen molar-refractivity contribution < 1.29 is 14.6 Å². The average molecular weight is 388 g/mol. The van der Waals surface area contributed by atoms with Crippen LogP contribution in [0, 0.1) is 0 Å². The van der Waals surface area contributed by atoms with Gasteiger partial charge in [0.05, 0.1) is 5.54 Å². The van der Waals surface area contributed by atoms with Crippen molar-refractivity contribution in [1.82, 2.24) is 15.1 Å². The minimum atomic E-state index is -0.330. The molecule has 0 bridgehead atoms. The van der Waals surface area contributed by atoms with Crippen LogP contribution < -0.4 is 5.32 Å². The Bertz CT molecular complexity index is 644. The number of benzene rings is 1. The topological polar surface area (TPSA) is 54.0 Å². The first kappa shape index (κ1) is 19.7. The second-order valence-corrected chi connectivity index (χ2v) is 8.68. The van der Waals surface area contributed by atoms with Crippen molar-refractivity contribution >= 4 is 6.09 Å². The maximum absolute atomic E-state index is 12.6. The maximum atomic E-state index is 12.6. The minimum absolute atomic E-state index is 0.0154. The molecule has 154 valence electrons. The van der Waals surface area contributed by atoms with E-state index in [1.807, 2.05) is 4.90 Å². The van der Waals surface area contributed by atoms with Gasteiger partial charge in [-0.3, -0.25) is 9.79 Å². The van der Waals surface area contributed by atoms with Crippen LogP contribution in [-0.2, 0) is 9.78 Å². The number of amides is 1. The number of carbonyl (C=O) groups is 1. The second kappa shape index (κ2) is 8.80. The van der Waals surface area contributed by atoms with Gasteiger partial charge in [-0.2, -0.15) is 4.89 Å². The molecule has 1 amide bonds. The van der Waals surface area contributed by atoms with Gasteiger partial charge in [-0.05, 0) is 57.1 Å². The fraction of sp³-hybridized carbons (Fsp3) is 0.682. The van der Waals surface area contributed by atoms with Crippen molar-refractivity contribution in [3.63, 3.8) is 0 Å². The first-order valence-electron chi connectivity index (χ1n) is 10.8. The summed E-state index contributed by atoms with van der Waals surface area (Å²) in [6, 6.07) is 10.7. The highest BCUT2D eigenvalue weighted by Gasteiger charge is 2.42. The van der Waals surface area contributed by atoms with Crippen LogP contribution in [-0.4, -0.2) is 67.3 Å². The Morgan fingerprint density at radius 2 is 1.93 bits per heavy atom. The molecule has 1 saturated carbocycles. The highest BCUT2D eigenvalue weighted by molar-refractivity contribution is 5.67. The van der Waals surface area contributed by atoms with Crippen molar-refractivity contribution in [3.05, 3.63) is 35.9 Å². The Kier molecular flexibility index (Phi) is 6.19. The molecule has 6 nitrogen and oxygen atoms in total. The molecule has 2 heterocycles. The zero-order valence-corrected chi connectivity index (χ0v) is 16.9. The summed E-state index contributed by atoms with van der Waals surface area (Å²) in [6.07, 6.45) is 5.83. The Morgan fingerprint density at radius 1 is 1.14 bits per heavy atom. The monoisotopic (exact) mass is 387 g/mol. The van der Waals surface area contributed by atoms with Gasteiger partial charge in [-0.25, -0.2) is 4.79 Å². The van der Waals surface area contributed by atoms with Crippen LogP contribution in [0.4, 0.5) is 4.79 Å². The van der Waals surface area contributed by atoms with Crippen LogP contribution in [0.15, 0.2) is 30.3 Å². The number of nitrogens with zero attached hydrogens (tertiary/aromatic N) is 2. The number of carbonyl (C=O) groups excluding carboxylic acids is 1. The number of piperidine rings is 1. The van der Waals surface area contributed by atoms with Gasteiger partial charge in [-0.15, -0.1) is 0 Å². The van der Waals surface area contributed by atoms with Gasteiger partial charge in [0, 0.05) is 32.7 Å². The first-order chi connectivity index (χ1) is 13.7. The van der Waals surface area contributed by atoms with E-state index in [2.05, 4.69) is 47.6 Å². The summed E-state index contributed by atoms with van der Waals surface area (Å²) in [4.78, 5) is 27.7. The highest BCUT2D eigenvalue weighted by atomic mass is 17.2. The van der Waals surface area contributed by atoms with Crippen LogP contribution in [0.5, 0.6) is 0 Å². The number of nitrogens with one attached hydrogen (secondary N) is 1. The molecule has 1 N–H and O–H groups in total. The molecule has 1 aromatic carbocycles. The Morgan fingerprint density at radius 3 is 2.68 bits per heavy atom. The maximum Gasteiger partial charge on any atom is 0.441 e. The molecule has 3 aliphatic rings. The number of piperazine rings is 1. The van der Waals surface area contributed by atoms with Gasteiger partial charge in [0.1, 0.15) is 6.10 Å². The van der Waals surface area contributed by atoms with E-state index in [1.54, 1.807) is 0 Å². The van der Waals surface area contributed by atoms with E-state index in [-0.39, 0.29) is 17.7 Å². The fourth-order valence-electron chi connectivity index (χ4n) is 5.04. The third kappa shape index (κ3) is 4.34. The molecule has 2 saturated heterocycles. The molecule has 1 aromatic rings. The van der Waals surface area contributed by atoms with Gasteiger partial charge < -0.3 is 10.2 Å². The molecule has 1 aliphatic carbocycles. The van der Waals surface area contributed by atoms with E-state index in [4.69, 9.17) is 9.78 Å². The van der Waals surface area contributed by atoms with E-state index < -0.39 is 0 Å². The summed E-state index contributed by atoms with van der Waals surface area (Å²) in [5.41, 5.74) is 1.44. The number of hydrogen-bond donors (Lipinski definition) is 1. The molecule has 28 heavy (non-hydrogen) atoms. The summed E-state index contributed by atoms with van der Waals surface area (Å²) in [7, 11) is 2.16. The smallest absolute Gasteiger partial charge is 0.314 e. The Labute approximate surface area is 168 Å². The number of hydrogen-bond acceptors (Lipinski definition) is 5. The zero-order valence-electron chi connectivity index (χ0n) is 16.9. The van der Waals surface area contributed by atoms with Crippen molar-refractivity contribution in [3.8, 4) is 0 Å². The van der Waals surface area contributed by atoms with Crippen LogP contribution >= 0.6 is 0 Å². The molecular formula is C22H33N3O3. The Balaban J connectivity index is 1.23. The van der Waals surface area contributed by atoms with Gasteiger partial charge in [0.2, 0.25) is 0 Å². The lowest BCUT2D eigenvalue weighted by atomic mass is 9.83. The number of likely N-dealkylation sites (N-methyl/N-ethyl adjacent to an activating group) is 1. The van der Waals surface area contributed by atoms with Crippen LogP contribution in [0.2, 0.25) is 0 Å². The third-order valence-electron chi connectivity index (χ3n) is 6.90. The van der Waals surface area contributed by atoms with Crippen molar-refractivity contribution in [2.75, 3.05) is 39.8 Å². The second-order valence-electron chi connectivity index (χ2n) is 8.68. The van der Waals surface area contributed by atoms with E-state index >= 15 is 0 Å². The summed E-state index contributed by atoms with van der Waals surface area (Å²) in [6.45, 7) is 4.41. The van der Waals surface area contributed by atoms with Gasteiger partial charge in [0.15, 0.2) is 0 Å². The normalized spacial score (nSPS) is 31.7. The predicted molar refractivity (Wildman–Crippen MR) is 108 cm³/mol. The molecule has 0 radical (unpaired) electrons. The Hall–Kier alpha value is -1.63. The van der Waals surface area contributed by atoms with Gasteiger partial charge in [0.25, 0.3) is 0 Å². The van der Waals surface area contributed by atoms with E-state index in [1.165, 1.54) is 5.56 Å². The largest absolute Gasteiger partial charge is 0.441 e. The average Bonchev–Trinajstić information content (AvgIpc) is 2.75. The van der Waals surface area contributed by atoms with Crippen molar-refractivity contribution in [2.45, 2.75) is 56.1 Å². The summed E-state index contributed by atoms with van der Waals surface area (Å²) in [5, 5.41) is 3.48. The SMILES string of the molecule is CN1CCNCC12CCCN(C(=O)OOC1CCC(c3ccccc3)CC1)C2. The molecule has 2 aliphatic heterocycles. The minimum Gasteiger partial charge on any atom is -0.314 e. The molecule has 1 atom stereocenters. The molecule has 6 heteroatoms. The highest BCUT2D eigenvalue weighted by Crippen LogP contribution is 2.34. The molecule has 0 aromatic heterocycles. The zero-order chi connectivity index (χ0) is 19.4. The summed E-state index contributed by atoms with van der Waals surface area (Å²) >= 11 is 0. The lowest BCUT2D eigenvalue weighted by Crippen LogP contribution is -2.66. The molecular weight excluding hydrogens is 354 g/mol. The first-order valence-corrected chi connectivity index (χ1v) is 10.8. The molecule has 1 unspecified atom stereocenters. The molecule has 4 rings (SSSR count). The van der Waals surface area contributed by atoms with Crippen LogP contribution in [0.1, 0.15) is 50.0 Å². The molecule has 1 spiro atoms. The lowest BCUT2D eigenvalue weighted by molar-refractivity contribution is -0.285. The fourth-order valence-corrected chi connectivity index (χ4v) is 5.04. The van der Waals surface area contributed by atoms with Crippen LogP contribution in [0.25, 0.3) is 0 Å². The van der Waals surface area contributed by atoms with Crippen molar-refractivity contribution in [2.24, 2.45) is 0 Å². The van der Waals surface area contributed by atoms with E-state index in [0.717, 1.165) is 64.7 Å². The summed E-state index contributed by atoms with van der Waals surface area (Å²) in [5.74, 6) is 0.591. The van der Waals surface area contributed by atoms with Gasteiger partial charge >= 0.3 is 6.09 Å². The number of likely N-dealkylation sites (tertiary alicyclic amines) is 1. The summed E-state index contributed by atoms with van der Waals surface area (Å²) < 4.78 is 0. The van der Waals surface area contributed by atoms with Gasteiger partial charge in [-0.1, -0.05) is 30.3 Å². The van der Waals surface area contributed by atoms with Crippen molar-refractivity contribution in [1.29, 1.82) is 0 Å².